The number of halogens is 2. The highest BCUT2D eigenvalue weighted by atomic mass is 32.2. The van der Waals surface area contributed by atoms with Gasteiger partial charge in [-0.15, -0.1) is 0 Å². The average Bonchev–Trinajstić information content (AvgIpc) is 2.98. The van der Waals surface area contributed by atoms with E-state index >= 15 is 0 Å². The van der Waals surface area contributed by atoms with Crippen molar-refractivity contribution in [3.63, 3.8) is 0 Å². The molecule has 0 radical (unpaired) electrons. The van der Waals surface area contributed by atoms with Gasteiger partial charge in [-0.05, 0) is 43.2 Å². The predicted molar refractivity (Wildman–Crippen MR) is 71.9 cm³/mol. The van der Waals surface area contributed by atoms with Crippen LogP contribution in [0.5, 0.6) is 0 Å². The van der Waals surface area contributed by atoms with E-state index in [4.69, 9.17) is 0 Å². The SMILES string of the molecule is O=S(=O)(NC1C2CCC(C2)C1CO)c1c(F)cccc1F. The normalized spacial score (nSPS) is 31.8. The number of benzene rings is 1. The van der Waals surface area contributed by atoms with Crippen LogP contribution in [0.1, 0.15) is 19.3 Å². The number of fused-ring (bicyclic) bond motifs is 2. The minimum atomic E-state index is -4.28. The Balaban J connectivity index is 1.90. The summed E-state index contributed by atoms with van der Waals surface area (Å²) < 4.78 is 54.4. The molecule has 0 aliphatic heterocycles. The molecule has 0 saturated heterocycles. The molecule has 2 bridgehead atoms. The molecule has 0 aromatic heterocycles. The Kier molecular flexibility index (Phi) is 3.75. The van der Waals surface area contributed by atoms with Crippen molar-refractivity contribution in [3.05, 3.63) is 29.8 Å². The molecule has 0 amide bonds. The lowest BCUT2D eigenvalue weighted by atomic mass is 9.86. The molecule has 0 spiro atoms. The van der Waals surface area contributed by atoms with Gasteiger partial charge in [0, 0.05) is 18.6 Å². The van der Waals surface area contributed by atoms with E-state index in [0.717, 1.165) is 37.5 Å². The molecular weight excluding hydrogens is 300 g/mol. The van der Waals surface area contributed by atoms with Gasteiger partial charge in [-0.25, -0.2) is 21.9 Å². The average molecular weight is 317 g/mol. The van der Waals surface area contributed by atoms with Crippen LogP contribution in [0.25, 0.3) is 0 Å². The minimum absolute atomic E-state index is 0.117. The third kappa shape index (κ3) is 2.47. The van der Waals surface area contributed by atoms with Gasteiger partial charge in [0.1, 0.15) is 11.6 Å². The molecule has 4 atom stereocenters. The molecule has 2 aliphatic carbocycles. The van der Waals surface area contributed by atoms with Crippen LogP contribution in [0.15, 0.2) is 23.1 Å². The maximum absolute atomic E-state index is 13.7. The summed E-state index contributed by atoms with van der Waals surface area (Å²) in [5, 5.41) is 9.45. The highest BCUT2D eigenvalue weighted by Gasteiger charge is 2.48. The molecule has 7 heteroatoms. The Morgan fingerprint density at radius 3 is 2.43 bits per heavy atom. The lowest BCUT2D eigenvalue weighted by Gasteiger charge is -2.30. The number of rotatable bonds is 4. The molecule has 1 aromatic rings. The van der Waals surface area contributed by atoms with Crippen LogP contribution in [-0.2, 0) is 10.0 Å². The van der Waals surface area contributed by atoms with Crippen molar-refractivity contribution in [2.75, 3.05) is 6.61 Å². The van der Waals surface area contributed by atoms with E-state index in [9.17, 15) is 22.3 Å². The zero-order valence-corrected chi connectivity index (χ0v) is 12.1. The molecular formula is C14H17F2NO3S. The molecule has 2 saturated carbocycles. The van der Waals surface area contributed by atoms with Crippen molar-refractivity contribution in [2.45, 2.75) is 30.2 Å². The maximum Gasteiger partial charge on any atom is 0.246 e. The monoisotopic (exact) mass is 317 g/mol. The summed E-state index contributed by atoms with van der Waals surface area (Å²) >= 11 is 0. The maximum atomic E-state index is 13.7. The van der Waals surface area contributed by atoms with Crippen LogP contribution in [0.4, 0.5) is 8.78 Å². The zero-order chi connectivity index (χ0) is 15.2. The number of hydrogen-bond donors (Lipinski definition) is 2. The van der Waals surface area contributed by atoms with Crippen molar-refractivity contribution in [3.8, 4) is 0 Å². The van der Waals surface area contributed by atoms with Gasteiger partial charge >= 0.3 is 0 Å². The highest BCUT2D eigenvalue weighted by molar-refractivity contribution is 7.89. The summed E-state index contributed by atoms with van der Waals surface area (Å²) in [6.45, 7) is -0.117. The van der Waals surface area contributed by atoms with Crippen LogP contribution >= 0.6 is 0 Å². The molecule has 2 fully saturated rings. The summed E-state index contributed by atoms with van der Waals surface area (Å²) in [5.41, 5.74) is 0. The van der Waals surface area contributed by atoms with Crippen molar-refractivity contribution in [1.29, 1.82) is 0 Å². The van der Waals surface area contributed by atoms with Gasteiger partial charge in [0.05, 0.1) is 0 Å². The molecule has 4 nitrogen and oxygen atoms in total. The van der Waals surface area contributed by atoms with E-state index in [-0.39, 0.29) is 24.4 Å². The first kappa shape index (κ1) is 14.9. The first-order valence-corrected chi connectivity index (χ1v) is 8.49. The molecule has 21 heavy (non-hydrogen) atoms. The van der Waals surface area contributed by atoms with Crippen LogP contribution in [0, 0.1) is 29.4 Å². The number of hydrogen-bond acceptors (Lipinski definition) is 3. The van der Waals surface area contributed by atoms with Crippen LogP contribution in [-0.4, -0.2) is 26.2 Å². The fourth-order valence-electron chi connectivity index (χ4n) is 3.83. The summed E-state index contributed by atoms with van der Waals surface area (Å²) in [4.78, 5) is -0.940. The molecule has 2 N–H and O–H groups in total. The summed E-state index contributed by atoms with van der Waals surface area (Å²) in [5.74, 6) is -1.96. The van der Waals surface area contributed by atoms with Crippen molar-refractivity contribution in [2.24, 2.45) is 17.8 Å². The van der Waals surface area contributed by atoms with E-state index in [1.54, 1.807) is 0 Å². The van der Waals surface area contributed by atoms with Crippen LogP contribution < -0.4 is 4.72 Å². The van der Waals surface area contributed by atoms with Gasteiger partial charge in [0.15, 0.2) is 4.90 Å². The minimum Gasteiger partial charge on any atom is -0.396 e. The Bertz CT molecular complexity index is 629. The number of nitrogens with one attached hydrogen (secondary N) is 1. The van der Waals surface area contributed by atoms with Gasteiger partial charge in [0.25, 0.3) is 0 Å². The number of sulfonamides is 1. The summed E-state index contributed by atoms with van der Waals surface area (Å²) in [7, 11) is -4.28. The number of aliphatic hydroxyl groups is 1. The van der Waals surface area contributed by atoms with Gasteiger partial charge in [-0.3, -0.25) is 0 Å². The Morgan fingerprint density at radius 2 is 1.81 bits per heavy atom. The van der Waals surface area contributed by atoms with E-state index in [2.05, 4.69) is 4.72 Å². The smallest absolute Gasteiger partial charge is 0.246 e. The van der Waals surface area contributed by atoms with Gasteiger partial charge in [0.2, 0.25) is 10.0 Å². The van der Waals surface area contributed by atoms with Crippen molar-refractivity contribution >= 4 is 10.0 Å². The topological polar surface area (TPSA) is 66.4 Å². The summed E-state index contributed by atoms with van der Waals surface area (Å²) in [6, 6.07) is 2.51. The second-order valence-corrected chi connectivity index (χ2v) is 7.53. The predicted octanol–water partition coefficient (Wildman–Crippen LogP) is 1.65. The largest absolute Gasteiger partial charge is 0.396 e. The highest BCUT2D eigenvalue weighted by Crippen LogP contribution is 2.48. The second-order valence-electron chi connectivity index (χ2n) is 5.88. The van der Waals surface area contributed by atoms with Crippen LogP contribution in [0.2, 0.25) is 0 Å². The van der Waals surface area contributed by atoms with Crippen LogP contribution in [0.3, 0.4) is 0 Å². The molecule has 4 unspecified atom stereocenters. The molecule has 2 aliphatic rings. The first-order valence-electron chi connectivity index (χ1n) is 7.01. The fourth-order valence-corrected chi connectivity index (χ4v) is 5.33. The molecule has 116 valence electrons. The van der Waals surface area contributed by atoms with E-state index in [1.165, 1.54) is 0 Å². The zero-order valence-electron chi connectivity index (χ0n) is 11.3. The lowest BCUT2D eigenvalue weighted by Crippen LogP contribution is -2.45. The Hall–Kier alpha value is -1.05. The van der Waals surface area contributed by atoms with Gasteiger partial charge < -0.3 is 5.11 Å². The van der Waals surface area contributed by atoms with E-state index < -0.39 is 32.6 Å². The molecule has 0 heterocycles. The number of aliphatic hydroxyl groups excluding tert-OH is 1. The van der Waals surface area contributed by atoms with Gasteiger partial charge in [-0.2, -0.15) is 0 Å². The van der Waals surface area contributed by atoms with Gasteiger partial charge in [-0.1, -0.05) is 6.07 Å². The lowest BCUT2D eigenvalue weighted by molar-refractivity contribution is 0.153. The third-order valence-electron chi connectivity index (χ3n) is 4.78. The van der Waals surface area contributed by atoms with Crippen molar-refractivity contribution < 1.29 is 22.3 Å². The van der Waals surface area contributed by atoms with Crippen molar-refractivity contribution in [1.82, 2.24) is 4.72 Å². The fraction of sp³-hybridized carbons (Fsp3) is 0.571. The first-order chi connectivity index (χ1) is 9.94. The van der Waals surface area contributed by atoms with E-state index in [1.807, 2.05) is 0 Å². The Labute approximate surface area is 122 Å². The summed E-state index contributed by atoms with van der Waals surface area (Å²) in [6.07, 6.45) is 2.72. The third-order valence-corrected chi connectivity index (χ3v) is 6.29. The standard InChI is InChI=1S/C14H17F2NO3S/c15-11-2-1-3-12(16)14(11)21(19,20)17-13-9-5-4-8(6-9)10(13)7-18/h1-3,8-10,13,17-18H,4-7H2. The molecule has 3 rings (SSSR count). The molecule has 1 aromatic carbocycles. The Morgan fingerprint density at radius 1 is 1.19 bits per heavy atom. The quantitative estimate of drug-likeness (QED) is 0.887. The second kappa shape index (κ2) is 5.30. The van der Waals surface area contributed by atoms with E-state index in [0.29, 0.717) is 0 Å².